The Balaban J connectivity index is 1.72. The minimum atomic E-state index is -0.686. The molecule has 0 saturated carbocycles. The summed E-state index contributed by atoms with van der Waals surface area (Å²) in [4.78, 5) is 24.5. The summed E-state index contributed by atoms with van der Waals surface area (Å²) < 4.78 is 1.60. The second-order valence-electron chi connectivity index (χ2n) is 5.44. The molecule has 0 radical (unpaired) electrons. The molecule has 2 amide bonds. The number of hydrogen-bond acceptors (Lipinski definition) is 4. The number of aryl methyl sites for hydroxylation is 1. The van der Waals surface area contributed by atoms with Crippen molar-refractivity contribution in [3.05, 3.63) is 54.1 Å². The molecule has 2 N–H and O–H groups in total. The quantitative estimate of drug-likeness (QED) is 0.765. The van der Waals surface area contributed by atoms with Crippen LogP contribution in [0, 0.1) is 0 Å². The fraction of sp³-hybridized carbons (Fsp3) is 0.176. The van der Waals surface area contributed by atoms with Gasteiger partial charge in [0.15, 0.2) is 0 Å². The molecule has 1 unspecified atom stereocenters. The van der Waals surface area contributed by atoms with Gasteiger partial charge in [-0.05, 0) is 31.2 Å². The zero-order valence-corrected chi connectivity index (χ0v) is 13.4. The average Bonchev–Trinajstić information content (AvgIpc) is 2.98. The minimum Gasteiger partial charge on any atom is -0.341 e. The van der Waals surface area contributed by atoms with Crippen LogP contribution in [0.25, 0.3) is 11.0 Å². The highest BCUT2D eigenvalue weighted by Gasteiger charge is 2.18. The first-order valence-corrected chi connectivity index (χ1v) is 7.51. The number of carbonyl (C=O) groups is 2. The molecule has 3 rings (SSSR count). The first-order valence-electron chi connectivity index (χ1n) is 7.51. The van der Waals surface area contributed by atoms with Crippen molar-refractivity contribution in [2.24, 2.45) is 7.05 Å². The van der Waals surface area contributed by atoms with Crippen molar-refractivity contribution in [3.63, 3.8) is 0 Å². The summed E-state index contributed by atoms with van der Waals surface area (Å²) in [7, 11) is 1.76. The third-order valence-corrected chi connectivity index (χ3v) is 3.66. The third-order valence-electron chi connectivity index (χ3n) is 3.66. The predicted molar refractivity (Wildman–Crippen MR) is 90.5 cm³/mol. The monoisotopic (exact) mass is 323 g/mol. The van der Waals surface area contributed by atoms with E-state index < -0.39 is 6.04 Å². The molecule has 0 aliphatic heterocycles. The number of aromatic nitrogens is 3. The summed E-state index contributed by atoms with van der Waals surface area (Å²) in [5.41, 5.74) is 2.53. The maximum atomic E-state index is 12.4. The molecule has 1 aromatic heterocycles. The van der Waals surface area contributed by atoms with Crippen LogP contribution in [0.1, 0.15) is 17.3 Å². The number of fused-ring (bicyclic) bond motifs is 1. The summed E-state index contributed by atoms with van der Waals surface area (Å²) in [6.45, 7) is 1.64. The number of amides is 2. The first kappa shape index (κ1) is 15.7. The van der Waals surface area contributed by atoms with Gasteiger partial charge in [-0.2, -0.15) is 0 Å². The predicted octanol–water partition coefficient (Wildman–Crippen LogP) is 1.73. The van der Waals surface area contributed by atoms with Gasteiger partial charge in [-0.1, -0.05) is 29.5 Å². The molecule has 0 saturated heterocycles. The van der Waals surface area contributed by atoms with Crippen LogP contribution in [-0.4, -0.2) is 32.9 Å². The molecule has 7 nitrogen and oxygen atoms in total. The van der Waals surface area contributed by atoms with Crippen LogP contribution in [0.4, 0.5) is 5.69 Å². The Labute approximate surface area is 138 Å². The number of benzene rings is 2. The molecular formula is C17H17N5O2. The van der Waals surface area contributed by atoms with Crippen LogP contribution in [0.15, 0.2) is 48.5 Å². The van der Waals surface area contributed by atoms with Gasteiger partial charge in [0.05, 0.1) is 5.69 Å². The lowest BCUT2D eigenvalue weighted by atomic mass is 10.2. The van der Waals surface area contributed by atoms with Crippen LogP contribution < -0.4 is 10.6 Å². The second-order valence-corrected chi connectivity index (χ2v) is 5.44. The Kier molecular flexibility index (Phi) is 4.24. The fourth-order valence-electron chi connectivity index (χ4n) is 2.39. The first-order chi connectivity index (χ1) is 11.6. The van der Waals surface area contributed by atoms with E-state index in [1.165, 1.54) is 0 Å². The number of rotatable bonds is 4. The van der Waals surface area contributed by atoms with E-state index in [2.05, 4.69) is 20.9 Å². The van der Waals surface area contributed by atoms with Gasteiger partial charge in [-0.3, -0.25) is 9.59 Å². The van der Waals surface area contributed by atoms with Gasteiger partial charge in [-0.15, -0.1) is 5.10 Å². The van der Waals surface area contributed by atoms with Gasteiger partial charge in [-0.25, -0.2) is 4.68 Å². The largest absolute Gasteiger partial charge is 0.341 e. The summed E-state index contributed by atoms with van der Waals surface area (Å²) in [6, 6.07) is 13.5. The normalized spacial score (nSPS) is 11.9. The summed E-state index contributed by atoms with van der Waals surface area (Å²) in [5.74, 6) is -0.605. The minimum absolute atomic E-state index is 0.293. The Morgan fingerprint density at radius 3 is 2.58 bits per heavy atom. The number of nitrogens with zero attached hydrogens (tertiary/aromatic N) is 3. The van der Waals surface area contributed by atoms with Crippen LogP contribution >= 0.6 is 0 Å². The van der Waals surface area contributed by atoms with Gasteiger partial charge in [0, 0.05) is 12.6 Å². The SMILES string of the molecule is CC(NC(=O)c1ccccc1)C(=O)Nc1cccc2nnn(C)c12. The molecule has 0 bridgehead atoms. The Morgan fingerprint density at radius 2 is 1.83 bits per heavy atom. The van der Waals surface area contributed by atoms with E-state index in [0.29, 0.717) is 16.8 Å². The van der Waals surface area contributed by atoms with Crippen LogP contribution in [0.3, 0.4) is 0 Å². The zero-order chi connectivity index (χ0) is 17.1. The summed E-state index contributed by atoms with van der Waals surface area (Å²) in [5, 5.41) is 13.5. The van der Waals surface area contributed by atoms with E-state index in [1.54, 1.807) is 55.1 Å². The Bertz CT molecular complexity index is 888. The zero-order valence-electron chi connectivity index (χ0n) is 13.4. The molecule has 1 heterocycles. The lowest BCUT2D eigenvalue weighted by Crippen LogP contribution is -2.41. The molecule has 0 spiro atoms. The van der Waals surface area contributed by atoms with E-state index in [9.17, 15) is 9.59 Å². The van der Waals surface area contributed by atoms with Crippen molar-refractivity contribution < 1.29 is 9.59 Å². The lowest BCUT2D eigenvalue weighted by molar-refractivity contribution is -0.117. The smallest absolute Gasteiger partial charge is 0.251 e. The lowest BCUT2D eigenvalue weighted by Gasteiger charge is -2.14. The topological polar surface area (TPSA) is 88.9 Å². The molecule has 7 heteroatoms. The summed E-state index contributed by atoms with van der Waals surface area (Å²) >= 11 is 0. The van der Waals surface area contributed by atoms with Crippen molar-refractivity contribution in [2.45, 2.75) is 13.0 Å². The van der Waals surface area contributed by atoms with Crippen LogP contribution in [-0.2, 0) is 11.8 Å². The molecule has 2 aromatic carbocycles. The standard InChI is InChI=1S/C17H17N5O2/c1-11(18-17(24)12-7-4-3-5-8-12)16(23)19-13-9-6-10-14-15(13)22(2)21-20-14/h3-11H,1-2H3,(H,18,24)(H,19,23). The molecule has 1 atom stereocenters. The van der Waals surface area contributed by atoms with E-state index in [4.69, 9.17) is 0 Å². The van der Waals surface area contributed by atoms with Crippen molar-refractivity contribution >= 4 is 28.5 Å². The molecule has 0 aliphatic rings. The Morgan fingerprint density at radius 1 is 1.08 bits per heavy atom. The van der Waals surface area contributed by atoms with E-state index in [1.807, 2.05) is 12.1 Å². The molecule has 122 valence electrons. The van der Waals surface area contributed by atoms with Crippen molar-refractivity contribution in [3.8, 4) is 0 Å². The average molecular weight is 323 g/mol. The molecule has 3 aromatic rings. The van der Waals surface area contributed by atoms with Gasteiger partial charge < -0.3 is 10.6 Å². The van der Waals surface area contributed by atoms with Gasteiger partial charge in [0.2, 0.25) is 5.91 Å². The third kappa shape index (κ3) is 3.10. The number of anilines is 1. The maximum absolute atomic E-state index is 12.4. The molecular weight excluding hydrogens is 306 g/mol. The number of nitrogens with one attached hydrogen (secondary N) is 2. The molecule has 0 aliphatic carbocycles. The highest BCUT2D eigenvalue weighted by Crippen LogP contribution is 2.20. The fourth-order valence-corrected chi connectivity index (χ4v) is 2.39. The maximum Gasteiger partial charge on any atom is 0.251 e. The highest BCUT2D eigenvalue weighted by atomic mass is 16.2. The second kappa shape index (κ2) is 6.49. The number of para-hydroxylation sites is 1. The van der Waals surface area contributed by atoms with Gasteiger partial charge >= 0.3 is 0 Å². The van der Waals surface area contributed by atoms with Crippen molar-refractivity contribution in [2.75, 3.05) is 5.32 Å². The van der Waals surface area contributed by atoms with E-state index in [-0.39, 0.29) is 11.8 Å². The van der Waals surface area contributed by atoms with Crippen LogP contribution in [0.5, 0.6) is 0 Å². The van der Waals surface area contributed by atoms with Crippen molar-refractivity contribution in [1.29, 1.82) is 0 Å². The number of carbonyl (C=O) groups excluding carboxylic acids is 2. The molecule has 24 heavy (non-hydrogen) atoms. The van der Waals surface area contributed by atoms with Gasteiger partial charge in [0.25, 0.3) is 5.91 Å². The van der Waals surface area contributed by atoms with Gasteiger partial charge in [0.1, 0.15) is 17.1 Å². The van der Waals surface area contributed by atoms with Crippen molar-refractivity contribution in [1.82, 2.24) is 20.3 Å². The number of hydrogen-bond donors (Lipinski definition) is 2. The van der Waals surface area contributed by atoms with E-state index >= 15 is 0 Å². The molecule has 0 fully saturated rings. The van der Waals surface area contributed by atoms with E-state index in [0.717, 1.165) is 5.52 Å². The highest BCUT2D eigenvalue weighted by molar-refractivity contribution is 6.04. The summed E-state index contributed by atoms with van der Waals surface area (Å²) in [6.07, 6.45) is 0. The Hall–Kier alpha value is -3.22. The van der Waals surface area contributed by atoms with Crippen LogP contribution in [0.2, 0.25) is 0 Å².